The van der Waals surface area contributed by atoms with Crippen molar-refractivity contribution in [1.29, 1.82) is 0 Å². The Balaban J connectivity index is 1.41. The number of ether oxygens (including phenoxy) is 1. The summed E-state index contributed by atoms with van der Waals surface area (Å²) < 4.78 is 5.30. The maximum absolute atomic E-state index is 13.8. The first-order valence-electron chi connectivity index (χ1n) is 11.5. The van der Waals surface area contributed by atoms with Gasteiger partial charge in [0, 0.05) is 38.5 Å². The lowest BCUT2D eigenvalue weighted by atomic mass is 9.85. The van der Waals surface area contributed by atoms with Crippen LogP contribution in [-0.4, -0.2) is 83.1 Å². The van der Waals surface area contributed by atoms with Crippen molar-refractivity contribution in [3.63, 3.8) is 0 Å². The third kappa shape index (κ3) is 3.70. The van der Waals surface area contributed by atoms with Crippen LogP contribution in [-0.2, 0) is 16.1 Å². The van der Waals surface area contributed by atoms with E-state index in [0.717, 1.165) is 29.4 Å². The van der Waals surface area contributed by atoms with Crippen LogP contribution in [0.2, 0.25) is 0 Å². The molecule has 2 aromatic rings. The number of likely N-dealkylation sites (tertiary alicyclic amines) is 1. The molecule has 3 aliphatic rings. The molecular weight excluding hydrogens is 422 g/mol. The second-order valence-corrected chi connectivity index (χ2v) is 10.2. The Labute approximate surface area is 193 Å². The molecule has 0 unspecified atom stereocenters. The van der Waals surface area contributed by atoms with Crippen molar-refractivity contribution in [1.82, 2.24) is 14.7 Å². The van der Waals surface area contributed by atoms with Crippen molar-refractivity contribution in [3.05, 3.63) is 48.0 Å². The molecule has 6 nitrogen and oxygen atoms in total. The molecule has 0 saturated carbocycles. The number of methoxy groups -OCH3 is 1. The molecule has 1 spiro atoms. The summed E-state index contributed by atoms with van der Waals surface area (Å²) in [6.07, 6.45) is 2.63. The van der Waals surface area contributed by atoms with Crippen molar-refractivity contribution in [2.24, 2.45) is 0 Å². The summed E-state index contributed by atoms with van der Waals surface area (Å²) in [5.74, 6) is 2.37. The van der Waals surface area contributed by atoms with Crippen LogP contribution >= 0.6 is 11.8 Å². The van der Waals surface area contributed by atoms with Gasteiger partial charge in [-0.3, -0.25) is 14.6 Å². The number of fused-ring (bicyclic) bond motifs is 1. The van der Waals surface area contributed by atoms with Gasteiger partial charge in [-0.05, 0) is 41.4 Å². The van der Waals surface area contributed by atoms with Gasteiger partial charge in [0.2, 0.25) is 0 Å². The van der Waals surface area contributed by atoms with Crippen molar-refractivity contribution in [3.8, 4) is 0 Å². The Morgan fingerprint density at radius 2 is 1.88 bits per heavy atom. The van der Waals surface area contributed by atoms with Gasteiger partial charge in [-0.25, -0.2) is 4.79 Å². The number of carbonyl (C=O) groups is 2. The molecule has 0 aromatic heterocycles. The van der Waals surface area contributed by atoms with Crippen LogP contribution in [0.25, 0.3) is 10.8 Å². The van der Waals surface area contributed by atoms with Gasteiger partial charge in [-0.1, -0.05) is 42.5 Å². The van der Waals surface area contributed by atoms with Crippen molar-refractivity contribution in [2.75, 3.05) is 44.9 Å². The zero-order chi connectivity index (χ0) is 22.1. The largest absolute Gasteiger partial charge is 0.383 e. The fraction of sp³-hybridized carbons (Fsp3) is 0.520. The maximum Gasteiger partial charge on any atom is 0.328 e. The van der Waals surface area contributed by atoms with Crippen LogP contribution in [0.3, 0.4) is 0 Å². The number of hydrogen-bond donors (Lipinski definition) is 0. The minimum Gasteiger partial charge on any atom is -0.383 e. The third-order valence-corrected chi connectivity index (χ3v) is 8.54. The van der Waals surface area contributed by atoms with Crippen LogP contribution in [0.4, 0.5) is 4.79 Å². The summed E-state index contributed by atoms with van der Waals surface area (Å²) in [6.45, 7) is 2.94. The van der Waals surface area contributed by atoms with E-state index in [9.17, 15) is 9.59 Å². The first-order valence-corrected chi connectivity index (χ1v) is 12.7. The third-order valence-electron chi connectivity index (χ3n) is 7.40. The van der Waals surface area contributed by atoms with E-state index in [1.54, 1.807) is 7.11 Å². The molecule has 7 heteroatoms. The monoisotopic (exact) mass is 453 g/mol. The maximum atomic E-state index is 13.8. The Morgan fingerprint density at radius 3 is 2.62 bits per heavy atom. The second-order valence-electron chi connectivity index (χ2n) is 9.04. The lowest BCUT2D eigenvalue weighted by Gasteiger charge is -2.43. The van der Waals surface area contributed by atoms with Crippen LogP contribution in [0.1, 0.15) is 24.8 Å². The molecule has 1 atom stereocenters. The Hall–Kier alpha value is -2.09. The molecule has 3 saturated heterocycles. The summed E-state index contributed by atoms with van der Waals surface area (Å²) in [5.41, 5.74) is 0.275. The quantitative estimate of drug-likeness (QED) is 0.626. The van der Waals surface area contributed by atoms with Gasteiger partial charge in [0.15, 0.2) is 0 Å². The van der Waals surface area contributed by atoms with Crippen molar-refractivity contribution < 1.29 is 14.3 Å². The lowest BCUT2D eigenvalue weighted by molar-refractivity contribution is -0.136. The first-order chi connectivity index (χ1) is 15.6. The van der Waals surface area contributed by atoms with Crippen LogP contribution in [0, 0.1) is 0 Å². The molecule has 5 rings (SSSR count). The van der Waals surface area contributed by atoms with E-state index in [0.29, 0.717) is 38.6 Å². The van der Waals surface area contributed by atoms with Gasteiger partial charge in [0.25, 0.3) is 5.91 Å². The molecule has 0 aliphatic carbocycles. The van der Waals surface area contributed by atoms with E-state index in [-0.39, 0.29) is 11.9 Å². The normalized spacial score (nSPS) is 23.7. The van der Waals surface area contributed by atoms with E-state index < -0.39 is 5.54 Å². The second kappa shape index (κ2) is 9.04. The van der Waals surface area contributed by atoms with Crippen LogP contribution < -0.4 is 0 Å². The van der Waals surface area contributed by atoms with Crippen molar-refractivity contribution >= 4 is 34.5 Å². The summed E-state index contributed by atoms with van der Waals surface area (Å²) in [4.78, 5) is 33.2. The molecule has 0 radical (unpaired) electrons. The van der Waals surface area contributed by atoms with Crippen LogP contribution in [0.5, 0.6) is 0 Å². The highest BCUT2D eigenvalue weighted by atomic mass is 32.2. The zero-order valence-corrected chi connectivity index (χ0v) is 19.5. The molecule has 170 valence electrons. The predicted octanol–water partition coefficient (Wildman–Crippen LogP) is 3.59. The van der Waals surface area contributed by atoms with E-state index in [1.165, 1.54) is 22.8 Å². The van der Waals surface area contributed by atoms with E-state index in [2.05, 4.69) is 23.1 Å². The number of nitrogens with zero attached hydrogens (tertiary/aromatic N) is 3. The number of amides is 3. The fourth-order valence-electron chi connectivity index (χ4n) is 5.57. The average Bonchev–Trinajstić information content (AvgIpc) is 3.42. The molecule has 3 aliphatic heterocycles. The number of piperidine rings is 1. The zero-order valence-electron chi connectivity index (χ0n) is 18.7. The van der Waals surface area contributed by atoms with E-state index in [4.69, 9.17) is 4.74 Å². The lowest BCUT2D eigenvalue weighted by Crippen LogP contribution is -2.58. The Morgan fingerprint density at radius 1 is 1.09 bits per heavy atom. The van der Waals surface area contributed by atoms with Crippen molar-refractivity contribution in [2.45, 2.75) is 37.4 Å². The highest BCUT2D eigenvalue weighted by molar-refractivity contribution is 7.99. The molecule has 3 heterocycles. The number of rotatable bonds is 6. The number of carbonyl (C=O) groups excluding carboxylic acids is 2. The number of thioether (sulfide) groups is 1. The van der Waals surface area contributed by atoms with E-state index >= 15 is 0 Å². The molecule has 2 aromatic carbocycles. The standard InChI is InChI=1S/C25H31N3O3S/c1-31-15-14-28-24(30)27(17-20-7-4-6-19-5-2-3-8-22(19)20)23(29)25(28)10-12-26(13-11-25)21-9-16-32-18-21/h2-8,21H,9-18H2,1H3/t21-/m0/s1. The molecular formula is C25H31N3O3S. The smallest absolute Gasteiger partial charge is 0.328 e. The minimum absolute atomic E-state index is 0.0352. The topological polar surface area (TPSA) is 53.1 Å². The van der Waals surface area contributed by atoms with Crippen LogP contribution in [0.15, 0.2) is 42.5 Å². The summed E-state index contributed by atoms with van der Waals surface area (Å²) in [6, 6.07) is 14.7. The van der Waals surface area contributed by atoms with Gasteiger partial charge in [0.05, 0.1) is 13.2 Å². The Bertz CT molecular complexity index is 994. The molecule has 0 bridgehead atoms. The molecule has 3 amide bonds. The molecule has 0 N–H and O–H groups in total. The SMILES string of the molecule is COCCN1C(=O)N(Cc2cccc3ccccc23)C(=O)C12CCN([C@H]1CCSC1)CC2. The summed E-state index contributed by atoms with van der Waals surface area (Å²) >= 11 is 2.02. The van der Waals surface area contributed by atoms with Gasteiger partial charge < -0.3 is 9.64 Å². The number of imide groups is 1. The van der Waals surface area contributed by atoms with Gasteiger partial charge in [0.1, 0.15) is 5.54 Å². The number of hydrogen-bond acceptors (Lipinski definition) is 5. The van der Waals surface area contributed by atoms with Gasteiger partial charge in [-0.15, -0.1) is 0 Å². The molecule has 3 fully saturated rings. The summed E-state index contributed by atoms with van der Waals surface area (Å²) in [7, 11) is 1.64. The van der Waals surface area contributed by atoms with E-state index in [1.807, 2.05) is 40.9 Å². The fourth-order valence-corrected chi connectivity index (χ4v) is 6.82. The predicted molar refractivity (Wildman–Crippen MR) is 128 cm³/mol. The van der Waals surface area contributed by atoms with Gasteiger partial charge >= 0.3 is 6.03 Å². The number of urea groups is 1. The highest BCUT2D eigenvalue weighted by Crippen LogP contribution is 2.39. The average molecular weight is 454 g/mol. The highest BCUT2D eigenvalue weighted by Gasteiger charge is 2.58. The minimum atomic E-state index is -0.734. The number of benzene rings is 2. The first kappa shape index (κ1) is 21.7. The van der Waals surface area contributed by atoms with Gasteiger partial charge in [-0.2, -0.15) is 11.8 Å². The Kier molecular flexibility index (Phi) is 6.14. The summed E-state index contributed by atoms with van der Waals surface area (Å²) in [5, 5.41) is 2.21. The molecule has 32 heavy (non-hydrogen) atoms.